The zero-order valence-corrected chi connectivity index (χ0v) is 20.4. The molecule has 0 aliphatic carbocycles. The van der Waals surface area contributed by atoms with Gasteiger partial charge in [-0.3, -0.25) is 4.79 Å². The Bertz CT molecular complexity index is 704. The monoisotopic (exact) mass is 449 g/mol. The van der Waals surface area contributed by atoms with Crippen LogP contribution in [0.4, 0.5) is 0 Å². The van der Waals surface area contributed by atoms with Gasteiger partial charge in [0.25, 0.3) is 0 Å². The molecule has 1 aromatic rings. The SMILES string of the molecule is CCCCC(C)(C)C(O)CCN1C(=O)CSC1CCCc1ccc(C(=O)OCC)cc1. The van der Waals surface area contributed by atoms with Gasteiger partial charge in [0.2, 0.25) is 5.91 Å². The highest BCUT2D eigenvalue weighted by Crippen LogP contribution is 2.32. The molecule has 1 heterocycles. The average Bonchev–Trinajstić information content (AvgIpc) is 3.10. The lowest BCUT2D eigenvalue weighted by Crippen LogP contribution is -2.38. The predicted octanol–water partition coefficient (Wildman–Crippen LogP) is 5.05. The fourth-order valence-corrected chi connectivity index (χ4v) is 5.20. The smallest absolute Gasteiger partial charge is 0.338 e. The first-order chi connectivity index (χ1) is 14.8. The van der Waals surface area contributed by atoms with E-state index in [0.717, 1.165) is 38.5 Å². The van der Waals surface area contributed by atoms with Crippen molar-refractivity contribution in [2.45, 2.75) is 84.1 Å². The normalized spacial score (nSPS) is 17.8. The Morgan fingerprint density at radius 2 is 1.97 bits per heavy atom. The predicted molar refractivity (Wildman–Crippen MR) is 127 cm³/mol. The van der Waals surface area contributed by atoms with E-state index in [4.69, 9.17) is 4.74 Å². The highest BCUT2D eigenvalue weighted by molar-refractivity contribution is 8.00. The summed E-state index contributed by atoms with van der Waals surface area (Å²) in [6.07, 6.45) is 6.32. The van der Waals surface area contributed by atoms with Crippen molar-refractivity contribution in [3.63, 3.8) is 0 Å². The summed E-state index contributed by atoms with van der Waals surface area (Å²) < 4.78 is 5.02. The van der Waals surface area contributed by atoms with Crippen LogP contribution in [0.2, 0.25) is 0 Å². The average molecular weight is 450 g/mol. The van der Waals surface area contributed by atoms with Gasteiger partial charge in [0.1, 0.15) is 0 Å². The number of nitrogens with zero attached hydrogens (tertiary/aromatic N) is 1. The van der Waals surface area contributed by atoms with Crippen molar-refractivity contribution < 1.29 is 19.4 Å². The second kappa shape index (κ2) is 12.5. The van der Waals surface area contributed by atoms with Crippen LogP contribution in [-0.4, -0.2) is 52.3 Å². The molecule has 1 aliphatic rings. The van der Waals surface area contributed by atoms with E-state index in [9.17, 15) is 14.7 Å². The Balaban J connectivity index is 1.80. The van der Waals surface area contributed by atoms with Gasteiger partial charge in [0.05, 0.1) is 29.4 Å². The lowest BCUT2D eigenvalue weighted by atomic mass is 9.80. The van der Waals surface area contributed by atoms with Crippen LogP contribution in [0.3, 0.4) is 0 Å². The molecule has 2 unspecified atom stereocenters. The van der Waals surface area contributed by atoms with Crippen molar-refractivity contribution in [1.29, 1.82) is 0 Å². The van der Waals surface area contributed by atoms with Crippen molar-refractivity contribution in [2.24, 2.45) is 5.41 Å². The molecule has 1 aromatic carbocycles. The number of aryl methyl sites for hydroxylation is 1. The Hall–Kier alpha value is -1.53. The number of hydrogen-bond acceptors (Lipinski definition) is 5. The number of esters is 1. The van der Waals surface area contributed by atoms with Crippen LogP contribution < -0.4 is 0 Å². The number of unbranched alkanes of at least 4 members (excludes halogenated alkanes) is 1. The molecule has 1 fully saturated rings. The molecule has 0 radical (unpaired) electrons. The van der Waals surface area contributed by atoms with Crippen molar-refractivity contribution in [1.82, 2.24) is 4.90 Å². The lowest BCUT2D eigenvalue weighted by molar-refractivity contribution is -0.128. The quantitative estimate of drug-likeness (QED) is 0.427. The highest BCUT2D eigenvalue weighted by Gasteiger charge is 2.33. The van der Waals surface area contributed by atoms with Gasteiger partial charge in [-0.05, 0) is 62.1 Å². The number of thioether (sulfide) groups is 1. The number of amides is 1. The lowest BCUT2D eigenvalue weighted by Gasteiger charge is -2.33. The molecule has 2 rings (SSSR count). The molecular weight excluding hydrogens is 410 g/mol. The van der Waals surface area contributed by atoms with Gasteiger partial charge >= 0.3 is 5.97 Å². The van der Waals surface area contributed by atoms with Crippen LogP contribution in [0.15, 0.2) is 24.3 Å². The third-order valence-electron chi connectivity index (χ3n) is 6.17. The second-order valence-electron chi connectivity index (χ2n) is 9.06. The molecule has 6 heteroatoms. The molecule has 0 spiro atoms. The van der Waals surface area contributed by atoms with Gasteiger partial charge in [0.15, 0.2) is 0 Å². The van der Waals surface area contributed by atoms with Gasteiger partial charge in [-0.15, -0.1) is 11.8 Å². The third-order valence-corrected chi connectivity index (χ3v) is 7.46. The first-order valence-corrected chi connectivity index (χ1v) is 12.7. The van der Waals surface area contributed by atoms with Crippen LogP contribution >= 0.6 is 11.8 Å². The van der Waals surface area contributed by atoms with Crippen LogP contribution in [0, 0.1) is 5.41 Å². The molecule has 0 bridgehead atoms. The van der Waals surface area contributed by atoms with Gasteiger partial charge < -0.3 is 14.7 Å². The molecule has 0 saturated carbocycles. The second-order valence-corrected chi connectivity index (χ2v) is 10.2. The summed E-state index contributed by atoms with van der Waals surface area (Å²) in [5.41, 5.74) is 1.65. The number of hydrogen-bond donors (Lipinski definition) is 1. The Labute approximate surface area is 191 Å². The zero-order chi connectivity index (χ0) is 22.9. The summed E-state index contributed by atoms with van der Waals surface area (Å²) >= 11 is 1.71. The number of carbonyl (C=O) groups is 2. The van der Waals surface area contributed by atoms with Crippen LogP contribution in [0.1, 0.15) is 82.1 Å². The van der Waals surface area contributed by atoms with Gasteiger partial charge in [0, 0.05) is 6.54 Å². The Morgan fingerprint density at radius 1 is 1.26 bits per heavy atom. The summed E-state index contributed by atoms with van der Waals surface area (Å²) in [6.45, 7) is 9.22. The minimum atomic E-state index is -0.393. The number of rotatable bonds is 13. The fourth-order valence-electron chi connectivity index (χ4n) is 3.96. The standard InChI is InChI=1S/C25H39NO4S/c1-5-7-16-25(3,4)21(27)15-17-26-22(28)18-31-23(26)10-8-9-19-11-13-20(14-12-19)24(29)30-6-2/h11-14,21,23,27H,5-10,15-18H2,1-4H3. The van der Waals surface area contributed by atoms with Crippen molar-refractivity contribution >= 4 is 23.6 Å². The third kappa shape index (κ3) is 7.83. The maximum Gasteiger partial charge on any atom is 0.338 e. The van der Waals surface area contributed by atoms with Crippen LogP contribution in [0.5, 0.6) is 0 Å². The van der Waals surface area contributed by atoms with E-state index in [1.165, 1.54) is 5.56 Å². The summed E-state index contributed by atoms with van der Waals surface area (Å²) in [5.74, 6) is 0.437. The van der Waals surface area contributed by atoms with Crippen LogP contribution in [0.25, 0.3) is 0 Å². The largest absolute Gasteiger partial charge is 0.462 e. The summed E-state index contributed by atoms with van der Waals surface area (Å²) in [7, 11) is 0. The van der Waals surface area contributed by atoms with E-state index in [2.05, 4.69) is 20.8 Å². The van der Waals surface area contributed by atoms with E-state index < -0.39 is 6.10 Å². The van der Waals surface area contributed by atoms with Crippen molar-refractivity contribution in [3.8, 4) is 0 Å². The highest BCUT2D eigenvalue weighted by atomic mass is 32.2. The van der Waals surface area contributed by atoms with Crippen molar-refractivity contribution in [2.75, 3.05) is 18.9 Å². The molecule has 0 aromatic heterocycles. The van der Waals surface area contributed by atoms with Gasteiger partial charge in [-0.2, -0.15) is 0 Å². The summed E-state index contributed by atoms with van der Waals surface area (Å²) in [4.78, 5) is 26.1. The number of carbonyl (C=O) groups excluding carboxylic acids is 2. The minimum Gasteiger partial charge on any atom is -0.462 e. The molecule has 174 valence electrons. The molecule has 1 aliphatic heterocycles. The number of aliphatic hydroxyl groups is 1. The molecule has 1 N–H and O–H groups in total. The molecule has 1 amide bonds. The fraction of sp³-hybridized carbons (Fsp3) is 0.680. The summed E-state index contributed by atoms with van der Waals surface area (Å²) in [5, 5.41) is 10.9. The zero-order valence-electron chi connectivity index (χ0n) is 19.6. The van der Waals surface area contributed by atoms with E-state index in [1.807, 2.05) is 29.2 Å². The molecular formula is C25H39NO4S. The van der Waals surface area contributed by atoms with E-state index in [-0.39, 0.29) is 22.7 Å². The number of benzene rings is 1. The van der Waals surface area contributed by atoms with E-state index in [1.54, 1.807) is 18.7 Å². The number of ether oxygens (including phenoxy) is 1. The van der Waals surface area contributed by atoms with E-state index >= 15 is 0 Å². The van der Waals surface area contributed by atoms with Crippen molar-refractivity contribution in [3.05, 3.63) is 35.4 Å². The van der Waals surface area contributed by atoms with Crippen LogP contribution in [-0.2, 0) is 16.0 Å². The first-order valence-electron chi connectivity index (χ1n) is 11.6. The molecule has 5 nitrogen and oxygen atoms in total. The number of aliphatic hydroxyl groups excluding tert-OH is 1. The van der Waals surface area contributed by atoms with Gasteiger partial charge in [-0.25, -0.2) is 4.79 Å². The Morgan fingerprint density at radius 3 is 2.61 bits per heavy atom. The van der Waals surface area contributed by atoms with Gasteiger partial charge in [-0.1, -0.05) is 45.7 Å². The minimum absolute atomic E-state index is 0.114. The maximum atomic E-state index is 12.4. The first kappa shape index (κ1) is 25.7. The molecule has 31 heavy (non-hydrogen) atoms. The summed E-state index contributed by atoms with van der Waals surface area (Å²) in [6, 6.07) is 7.59. The Kier molecular flexibility index (Phi) is 10.4. The topological polar surface area (TPSA) is 66.8 Å². The maximum absolute atomic E-state index is 12.4. The molecule has 2 atom stereocenters. The molecule has 1 saturated heterocycles. The van der Waals surface area contributed by atoms with E-state index in [0.29, 0.717) is 30.9 Å².